The van der Waals surface area contributed by atoms with Crippen molar-refractivity contribution in [3.05, 3.63) is 33.0 Å². The lowest BCUT2D eigenvalue weighted by molar-refractivity contribution is -0.122. The van der Waals surface area contributed by atoms with Crippen LogP contribution in [0.15, 0.2) is 21.7 Å². The second kappa shape index (κ2) is 10.5. The molecular formula is C23H33N3O5. The first kappa shape index (κ1) is 22.9. The highest BCUT2D eigenvalue weighted by molar-refractivity contribution is 5.81. The number of H-pyrrole nitrogens is 1. The summed E-state index contributed by atoms with van der Waals surface area (Å²) in [5.41, 5.74) is -0.489. The van der Waals surface area contributed by atoms with Crippen molar-refractivity contribution in [3.8, 4) is 11.5 Å². The standard InChI is InChI=1S/C23H33N3O5/c1-4-30-19-13-16-18(14-20(19)31-5-2)25-23(29)26(22(16)28)12-8-11-21(27)24-17-10-7-6-9-15(17)3/h13-15,17H,4-12H2,1-3H3,(H,24,27)(H,25,29). The molecule has 0 radical (unpaired) electrons. The number of fused-ring (bicyclic) bond motifs is 1. The predicted octanol–water partition coefficient (Wildman–Crippen LogP) is 2.96. The Balaban J connectivity index is 1.73. The van der Waals surface area contributed by atoms with E-state index in [9.17, 15) is 14.4 Å². The first-order chi connectivity index (χ1) is 14.9. The fourth-order valence-corrected chi connectivity index (χ4v) is 4.21. The minimum absolute atomic E-state index is 0.0241. The van der Waals surface area contributed by atoms with Crippen molar-refractivity contribution in [2.24, 2.45) is 5.92 Å². The van der Waals surface area contributed by atoms with Gasteiger partial charge in [0, 0.05) is 25.1 Å². The molecule has 1 fully saturated rings. The second-order valence-corrected chi connectivity index (χ2v) is 8.14. The van der Waals surface area contributed by atoms with Crippen LogP contribution < -0.4 is 26.0 Å². The molecule has 8 heteroatoms. The Bertz CT molecular complexity index is 1030. The van der Waals surface area contributed by atoms with Crippen molar-refractivity contribution >= 4 is 16.8 Å². The van der Waals surface area contributed by atoms with Gasteiger partial charge in [-0.1, -0.05) is 19.8 Å². The average Bonchev–Trinajstić information content (AvgIpc) is 2.73. The van der Waals surface area contributed by atoms with E-state index in [4.69, 9.17) is 9.47 Å². The summed E-state index contributed by atoms with van der Waals surface area (Å²) in [5, 5.41) is 3.46. The van der Waals surface area contributed by atoms with Crippen LogP contribution in [0.5, 0.6) is 11.5 Å². The Morgan fingerprint density at radius 3 is 2.48 bits per heavy atom. The molecule has 2 atom stereocenters. The fraction of sp³-hybridized carbons (Fsp3) is 0.609. The molecule has 1 aromatic heterocycles. The van der Waals surface area contributed by atoms with Crippen LogP contribution in [0.3, 0.4) is 0 Å². The molecule has 0 saturated heterocycles. The number of aromatic amines is 1. The van der Waals surface area contributed by atoms with Gasteiger partial charge in [-0.3, -0.25) is 14.2 Å². The highest BCUT2D eigenvalue weighted by Crippen LogP contribution is 2.30. The van der Waals surface area contributed by atoms with Gasteiger partial charge >= 0.3 is 5.69 Å². The maximum absolute atomic E-state index is 13.0. The average molecular weight is 432 g/mol. The smallest absolute Gasteiger partial charge is 0.328 e. The number of benzene rings is 1. The largest absolute Gasteiger partial charge is 0.490 e. The number of carbonyl (C=O) groups is 1. The minimum atomic E-state index is -0.495. The van der Waals surface area contributed by atoms with Crippen molar-refractivity contribution in [1.29, 1.82) is 0 Å². The fourth-order valence-electron chi connectivity index (χ4n) is 4.21. The number of nitrogens with one attached hydrogen (secondary N) is 2. The molecule has 2 N–H and O–H groups in total. The quantitative estimate of drug-likeness (QED) is 0.635. The summed E-state index contributed by atoms with van der Waals surface area (Å²) in [7, 11) is 0. The minimum Gasteiger partial charge on any atom is -0.490 e. The molecule has 1 aromatic carbocycles. The maximum atomic E-state index is 13.0. The van der Waals surface area contributed by atoms with Crippen LogP contribution in [-0.4, -0.2) is 34.7 Å². The second-order valence-electron chi connectivity index (χ2n) is 8.14. The zero-order chi connectivity index (χ0) is 22.4. The van der Waals surface area contributed by atoms with E-state index < -0.39 is 11.2 Å². The van der Waals surface area contributed by atoms with Gasteiger partial charge < -0.3 is 19.8 Å². The Kier molecular flexibility index (Phi) is 7.76. The summed E-state index contributed by atoms with van der Waals surface area (Å²) >= 11 is 0. The highest BCUT2D eigenvalue weighted by Gasteiger charge is 2.22. The zero-order valence-electron chi connectivity index (χ0n) is 18.7. The van der Waals surface area contributed by atoms with Gasteiger partial charge in [-0.15, -0.1) is 0 Å². The molecule has 8 nitrogen and oxygen atoms in total. The molecule has 1 heterocycles. The third-order valence-electron chi connectivity index (χ3n) is 5.89. The van der Waals surface area contributed by atoms with E-state index in [0.29, 0.717) is 48.0 Å². The van der Waals surface area contributed by atoms with Crippen LogP contribution in [0.25, 0.3) is 10.9 Å². The van der Waals surface area contributed by atoms with Gasteiger partial charge in [0.15, 0.2) is 11.5 Å². The van der Waals surface area contributed by atoms with E-state index in [2.05, 4.69) is 17.2 Å². The van der Waals surface area contributed by atoms with Gasteiger partial charge in [-0.2, -0.15) is 0 Å². The molecular weight excluding hydrogens is 398 g/mol. The third kappa shape index (κ3) is 5.48. The van der Waals surface area contributed by atoms with E-state index in [-0.39, 0.29) is 24.9 Å². The van der Waals surface area contributed by atoms with Crippen LogP contribution >= 0.6 is 0 Å². The molecule has 1 aliphatic carbocycles. The number of amides is 1. The molecule has 0 spiro atoms. The first-order valence-corrected chi connectivity index (χ1v) is 11.3. The van der Waals surface area contributed by atoms with Crippen LogP contribution in [0.2, 0.25) is 0 Å². The summed E-state index contributed by atoms with van der Waals surface area (Å²) in [5.74, 6) is 1.42. The number of hydrogen-bond donors (Lipinski definition) is 2. The summed E-state index contributed by atoms with van der Waals surface area (Å²) in [6.45, 7) is 6.92. The SMILES string of the molecule is CCOc1cc2[nH]c(=O)n(CCCC(=O)NC3CCCCC3C)c(=O)c2cc1OCC. The highest BCUT2D eigenvalue weighted by atomic mass is 16.5. The molecule has 2 aromatic rings. The Morgan fingerprint density at radius 2 is 1.81 bits per heavy atom. The summed E-state index contributed by atoms with van der Waals surface area (Å²) in [6.07, 6.45) is 5.21. The summed E-state index contributed by atoms with van der Waals surface area (Å²) in [4.78, 5) is 40.5. The molecule has 1 aliphatic rings. The van der Waals surface area contributed by atoms with Gasteiger partial charge in [-0.25, -0.2) is 4.79 Å². The molecule has 2 unspecified atom stereocenters. The lowest BCUT2D eigenvalue weighted by Gasteiger charge is -2.29. The van der Waals surface area contributed by atoms with Crippen molar-refractivity contribution in [2.75, 3.05) is 13.2 Å². The summed E-state index contributed by atoms with van der Waals surface area (Å²) in [6, 6.07) is 3.45. The van der Waals surface area contributed by atoms with E-state index in [0.717, 1.165) is 23.8 Å². The van der Waals surface area contributed by atoms with Gasteiger partial charge in [0.05, 0.1) is 24.1 Å². The van der Waals surface area contributed by atoms with E-state index >= 15 is 0 Å². The van der Waals surface area contributed by atoms with Crippen molar-refractivity contribution in [1.82, 2.24) is 14.9 Å². The molecule has 170 valence electrons. The Morgan fingerprint density at radius 1 is 1.13 bits per heavy atom. The van der Waals surface area contributed by atoms with Crippen molar-refractivity contribution in [2.45, 2.75) is 71.9 Å². The van der Waals surface area contributed by atoms with Crippen LogP contribution in [0.1, 0.15) is 59.3 Å². The number of carbonyl (C=O) groups excluding carboxylic acids is 1. The zero-order valence-corrected chi connectivity index (χ0v) is 18.7. The lowest BCUT2D eigenvalue weighted by Crippen LogP contribution is -2.41. The molecule has 1 saturated carbocycles. The summed E-state index contributed by atoms with van der Waals surface area (Å²) < 4.78 is 12.3. The topological polar surface area (TPSA) is 102 Å². The van der Waals surface area contributed by atoms with Gasteiger partial charge in [0.1, 0.15) is 0 Å². The third-order valence-corrected chi connectivity index (χ3v) is 5.89. The van der Waals surface area contributed by atoms with Gasteiger partial charge in [-0.05, 0) is 45.1 Å². The van der Waals surface area contributed by atoms with Crippen molar-refractivity contribution in [3.63, 3.8) is 0 Å². The number of nitrogens with zero attached hydrogens (tertiary/aromatic N) is 1. The Labute approximate surface area is 181 Å². The number of aromatic nitrogens is 2. The van der Waals surface area contributed by atoms with Gasteiger partial charge in [0.25, 0.3) is 5.56 Å². The first-order valence-electron chi connectivity index (χ1n) is 11.3. The lowest BCUT2D eigenvalue weighted by atomic mass is 9.86. The molecule has 0 aliphatic heterocycles. The number of ether oxygens (including phenoxy) is 2. The molecule has 31 heavy (non-hydrogen) atoms. The van der Waals surface area contributed by atoms with Gasteiger partial charge in [0.2, 0.25) is 5.91 Å². The van der Waals surface area contributed by atoms with Crippen LogP contribution in [-0.2, 0) is 11.3 Å². The predicted molar refractivity (Wildman–Crippen MR) is 120 cm³/mol. The maximum Gasteiger partial charge on any atom is 0.328 e. The van der Waals surface area contributed by atoms with E-state index in [1.54, 1.807) is 12.1 Å². The normalized spacial score (nSPS) is 18.7. The van der Waals surface area contributed by atoms with Crippen molar-refractivity contribution < 1.29 is 14.3 Å². The molecule has 3 rings (SSSR count). The van der Waals surface area contributed by atoms with Crippen LogP contribution in [0.4, 0.5) is 0 Å². The van der Waals surface area contributed by atoms with E-state index in [1.165, 1.54) is 6.42 Å². The molecule has 0 bridgehead atoms. The van der Waals surface area contributed by atoms with Crippen LogP contribution in [0, 0.1) is 5.92 Å². The molecule has 1 amide bonds. The Hall–Kier alpha value is -2.77. The number of hydrogen-bond acceptors (Lipinski definition) is 5. The van der Waals surface area contributed by atoms with E-state index in [1.807, 2.05) is 13.8 Å². The number of rotatable bonds is 9. The monoisotopic (exact) mass is 431 g/mol.